The molecule has 1 nitrogen and oxygen atoms in total. The smallest absolute Gasteiger partial charge is 0.123 e. The van der Waals surface area contributed by atoms with Gasteiger partial charge >= 0.3 is 0 Å². The van der Waals surface area contributed by atoms with Gasteiger partial charge < -0.3 is 4.74 Å². The van der Waals surface area contributed by atoms with E-state index >= 15 is 0 Å². The van der Waals surface area contributed by atoms with E-state index in [0.717, 1.165) is 26.9 Å². The molecule has 4 heteroatoms. The Morgan fingerprint density at radius 2 is 1.89 bits per heavy atom. The van der Waals surface area contributed by atoms with Gasteiger partial charge in [-0.3, -0.25) is 0 Å². The van der Waals surface area contributed by atoms with E-state index in [1.54, 1.807) is 7.11 Å². The number of alkyl halides is 1. The quantitative estimate of drug-likeness (QED) is 0.634. The molecule has 1 atom stereocenters. The van der Waals surface area contributed by atoms with Crippen molar-refractivity contribution in [1.29, 1.82) is 0 Å². The number of hydrogen-bond donors (Lipinski definition) is 0. The summed E-state index contributed by atoms with van der Waals surface area (Å²) < 4.78 is 6.21. The first kappa shape index (κ1) is 14.7. The topological polar surface area (TPSA) is 9.23 Å². The second-order valence-electron chi connectivity index (χ2n) is 4.28. The van der Waals surface area contributed by atoms with Crippen molar-refractivity contribution in [3.8, 4) is 5.75 Å². The van der Waals surface area contributed by atoms with Crippen molar-refractivity contribution in [2.45, 2.75) is 12.3 Å². The molecular formula is C15H13BrCl2O. The highest BCUT2D eigenvalue weighted by atomic mass is 79.9. The number of rotatable bonds is 3. The molecule has 0 amide bonds. The Kier molecular flexibility index (Phi) is 4.77. The first-order chi connectivity index (χ1) is 9.02. The van der Waals surface area contributed by atoms with E-state index in [4.69, 9.17) is 27.9 Å². The Labute approximate surface area is 131 Å². The van der Waals surface area contributed by atoms with Gasteiger partial charge in [-0.15, -0.1) is 11.6 Å². The fourth-order valence-electron chi connectivity index (χ4n) is 1.90. The van der Waals surface area contributed by atoms with Crippen LogP contribution in [0.1, 0.15) is 22.1 Å². The van der Waals surface area contributed by atoms with Crippen molar-refractivity contribution in [3.05, 3.63) is 62.6 Å². The van der Waals surface area contributed by atoms with Crippen LogP contribution in [0.4, 0.5) is 0 Å². The van der Waals surface area contributed by atoms with Crippen molar-refractivity contribution in [2.24, 2.45) is 0 Å². The van der Waals surface area contributed by atoms with Crippen molar-refractivity contribution >= 4 is 39.1 Å². The number of ether oxygens (including phenoxy) is 1. The number of aryl methyl sites for hydroxylation is 1. The minimum absolute atomic E-state index is 0.275. The minimum atomic E-state index is -0.275. The van der Waals surface area contributed by atoms with Gasteiger partial charge in [0.15, 0.2) is 0 Å². The zero-order valence-corrected chi connectivity index (χ0v) is 13.7. The number of benzene rings is 2. The molecule has 0 aliphatic carbocycles. The van der Waals surface area contributed by atoms with Crippen molar-refractivity contribution in [3.63, 3.8) is 0 Å². The summed E-state index contributed by atoms with van der Waals surface area (Å²) in [6.45, 7) is 2.03. The first-order valence-electron chi connectivity index (χ1n) is 5.76. The van der Waals surface area contributed by atoms with Crippen molar-refractivity contribution in [2.75, 3.05) is 7.11 Å². The summed E-state index contributed by atoms with van der Waals surface area (Å²) in [5, 5.41) is 0.396. The fourth-order valence-corrected chi connectivity index (χ4v) is 2.72. The molecule has 2 aromatic rings. The number of halogens is 3. The monoisotopic (exact) mass is 358 g/mol. The summed E-state index contributed by atoms with van der Waals surface area (Å²) >= 11 is 16.0. The van der Waals surface area contributed by atoms with Gasteiger partial charge in [0, 0.05) is 10.0 Å². The molecule has 0 heterocycles. The lowest BCUT2D eigenvalue weighted by Crippen LogP contribution is -1.98. The van der Waals surface area contributed by atoms with Crippen LogP contribution in [-0.4, -0.2) is 7.11 Å². The SMILES string of the molecule is COc1ccc(C)cc1C(Cl)c1ccc(Cl)c(Br)c1. The van der Waals surface area contributed by atoms with Gasteiger partial charge in [-0.1, -0.05) is 35.4 Å². The molecule has 0 saturated heterocycles. The molecule has 0 spiro atoms. The van der Waals surface area contributed by atoms with Crippen LogP contribution in [0.5, 0.6) is 5.75 Å². The second-order valence-corrected chi connectivity index (χ2v) is 5.98. The Morgan fingerprint density at radius 1 is 1.16 bits per heavy atom. The van der Waals surface area contributed by atoms with Crippen LogP contribution in [0.25, 0.3) is 0 Å². The second kappa shape index (κ2) is 6.17. The van der Waals surface area contributed by atoms with Crippen LogP contribution in [0.15, 0.2) is 40.9 Å². The van der Waals surface area contributed by atoms with Crippen LogP contribution in [0, 0.1) is 6.92 Å². The van der Waals surface area contributed by atoms with Gasteiger partial charge in [0.25, 0.3) is 0 Å². The maximum atomic E-state index is 6.57. The Balaban J connectivity index is 2.45. The molecule has 0 radical (unpaired) electrons. The molecule has 0 aliphatic rings. The molecule has 0 bridgehead atoms. The molecular weight excluding hydrogens is 347 g/mol. The molecule has 0 aromatic heterocycles. The maximum Gasteiger partial charge on any atom is 0.123 e. The summed E-state index contributed by atoms with van der Waals surface area (Å²) in [6, 6.07) is 11.7. The normalized spacial score (nSPS) is 12.3. The summed E-state index contributed by atoms with van der Waals surface area (Å²) in [6.07, 6.45) is 0. The predicted octanol–water partition coefficient (Wildman–Crippen LogP) is 5.75. The number of methoxy groups -OCH3 is 1. The van der Waals surface area contributed by atoms with E-state index in [1.807, 2.05) is 43.3 Å². The van der Waals surface area contributed by atoms with Gasteiger partial charge in [-0.2, -0.15) is 0 Å². The fraction of sp³-hybridized carbons (Fsp3) is 0.200. The zero-order valence-electron chi connectivity index (χ0n) is 10.6. The Bertz CT molecular complexity index is 599. The van der Waals surface area contributed by atoms with E-state index in [2.05, 4.69) is 15.9 Å². The van der Waals surface area contributed by atoms with Gasteiger partial charge in [0.1, 0.15) is 5.75 Å². The van der Waals surface area contributed by atoms with Gasteiger partial charge in [0.05, 0.1) is 17.5 Å². The standard InChI is InChI=1S/C15H13BrCl2O/c1-9-3-6-14(19-2)11(7-9)15(18)10-4-5-13(17)12(16)8-10/h3-8,15H,1-2H3. The van der Waals surface area contributed by atoms with Crippen molar-refractivity contribution < 1.29 is 4.74 Å². The molecule has 19 heavy (non-hydrogen) atoms. The summed E-state index contributed by atoms with van der Waals surface area (Å²) in [5.74, 6) is 0.789. The summed E-state index contributed by atoms with van der Waals surface area (Å²) in [5.41, 5.74) is 3.08. The number of hydrogen-bond acceptors (Lipinski definition) is 1. The summed E-state index contributed by atoms with van der Waals surface area (Å²) in [7, 11) is 1.65. The Hall–Kier alpha value is -0.700. The third-order valence-electron chi connectivity index (χ3n) is 2.89. The van der Waals surface area contributed by atoms with Gasteiger partial charge in [0.2, 0.25) is 0 Å². The van der Waals surface area contributed by atoms with E-state index in [-0.39, 0.29) is 5.38 Å². The van der Waals surface area contributed by atoms with E-state index in [1.165, 1.54) is 0 Å². The highest BCUT2D eigenvalue weighted by Gasteiger charge is 2.16. The summed E-state index contributed by atoms with van der Waals surface area (Å²) in [4.78, 5) is 0. The van der Waals surface area contributed by atoms with E-state index in [9.17, 15) is 0 Å². The average molecular weight is 360 g/mol. The lowest BCUT2D eigenvalue weighted by Gasteiger charge is -2.15. The van der Waals surface area contributed by atoms with Crippen LogP contribution < -0.4 is 4.74 Å². The molecule has 100 valence electrons. The van der Waals surface area contributed by atoms with Crippen LogP contribution in [-0.2, 0) is 0 Å². The lowest BCUT2D eigenvalue weighted by atomic mass is 10.0. The molecule has 0 N–H and O–H groups in total. The molecule has 1 unspecified atom stereocenters. The molecule has 0 saturated carbocycles. The minimum Gasteiger partial charge on any atom is -0.496 e. The van der Waals surface area contributed by atoms with Crippen LogP contribution in [0.2, 0.25) is 5.02 Å². The molecule has 2 rings (SSSR count). The lowest BCUT2D eigenvalue weighted by molar-refractivity contribution is 0.410. The first-order valence-corrected chi connectivity index (χ1v) is 7.37. The largest absolute Gasteiger partial charge is 0.496 e. The third kappa shape index (κ3) is 3.25. The maximum absolute atomic E-state index is 6.57. The Morgan fingerprint density at radius 3 is 2.53 bits per heavy atom. The molecule has 0 fully saturated rings. The average Bonchev–Trinajstić information content (AvgIpc) is 2.41. The van der Waals surface area contributed by atoms with Crippen LogP contribution >= 0.6 is 39.1 Å². The molecule has 2 aromatic carbocycles. The highest BCUT2D eigenvalue weighted by Crippen LogP contribution is 2.37. The van der Waals surface area contributed by atoms with Crippen LogP contribution in [0.3, 0.4) is 0 Å². The molecule has 0 aliphatic heterocycles. The van der Waals surface area contributed by atoms with E-state index < -0.39 is 0 Å². The van der Waals surface area contributed by atoms with Gasteiger partial charge in [-0.25, -0.2) is 0 Å². The van der Waals surface area contributed by atoms with Crippen molar-refractivity contribution in [1.82, 2.24) is 0 Å². The van der Waals surface area contributed by atoms with E-state index in [0.29, 0.717) is 5.02 Å². The van der Waals surface area contributed by atoms with Gasteiger partial charge in [-0.05, 0) is 46.6 Å². The third-order valence-corrected chi connectivity index (χ3v) is 4.60. The highest BCUT2D eigenvalue weighted by molar-refractivity contribution is 9.10. The predicted molar refractivity (Wildman–Crippen MR) is 84.6 cm³/mol. The zero-order chi connectivity index (χ0) is 14.0.